The summed E-state index contributed by atoms with van der Waals surface area (Å²) in [4.78, 5) is 130. The van der Waals surface area contributed by atoms with E-state index in [1.807, 2.05) is 67.0 Å². The molecule has 15 aromatic rings. The molecular formula is C110H108F7N23O9. The fraction of sp³-hybridized carbons (Fsp3) is 0.327. The normalized spacial score (nSPS) is 18.7. The third-order valence-corrected chi connectivity index (χ3v) is 29.1. The van der Waals surface area contributed by atoms with Gasteiger partial charge in [-0.15, -0.1) is 0 Å². The molecule has 0 saturated carbocycles. The molecule has 5 amide bonds. The van der Waals surface area contributed by atoms with Crippen molar-refractivity contribution in [3.8, 4) is 67.9 Å². The minimum atomic E-state index is -2.71. The lowest BCUT2D eigenvalue weighted by molar-refractivity contribution is -0.138. The lowest BCUT2D eigenvalue weighted by atomic mass is 9.80. The number of piperidine rings is 2. The highest BCUT2D eigenvalue weighted by Crippen LogP contribution is 2.43. The first kappa shape index (κ1) is 102. The Hall–Kier alpha value is -15.6. The van der Waals surface area contributed by atoms with Crippen LogP contribution in [-0.4, -0.2) is 277 Å². The first-order valence-electron chi connectivity index (χ1n) is 49.2. The van der Waals surface area contributed by atoms with Crippen LogP contribution < -0.4 is 10.6 Å². The number of Topliss-reactive ketones (excluding diaryl/α,β-unsaturated/α-hetero) is 1. The van der Waals surface area contributed by atoms with Crippen molar-refractivity contribution >= 4 is 85.0 Å². The molecule has 9 aromatic heterocycles. The van der Waals surface area contributed by atoms with Gasteiger partial charge in [-0.1, -0.05) is 84.9 Å². The second-order valence-corrected chi connectivity index (χ2v) is 38.2. The van der Waals surface area contributed by atoms with Crippen LogP contribution in [0.15, 0.2) is 244 Å². The first-order valence-corrected chi connectivity index (χ1v) is 49.2. The molecule has 3 atom stereocenters. The summed E-state index contributed by atoms with van der Waals surface area (Å²) < 4.78 is 113. The average Bonchev–Trinajstić information content (AvgIpc) is 1.66. The molecule has 5 N–H and O–H groups in total. The predicted molar refractivity (Wildman–Crippen MR) is 545 cm³/mol. The molecule has 0 bridgehead atoms. The summed E-state index contributed by atoms with van der Waals surface area (Å²) in [6, 6.07) is 53.9. The molecule has 32 nitrogen and oxygen atoms in total. The molecule has 6 aliphatic rings. The number of nitrogens with one attached hydrogen (secondary N) is 5. The number of alkyl halides is 7. The number of hydrogen-bond donors (Lipinski definition) is 5. The van der Waals surface area contributed by atoms with Gasteiger partial charge in [-0.3, -0.25) is 73.7 Å². The van der Waals surface area contributed by atoms with E-state index in [1.165, 1.54) is 62.1 Å². The van der Waals surface area contributed by atoms with Gasteiger partial charge in [0.2, 0.25) is 17.7 Å². The molecule has 21 rings (SSSR count). The van der Waals surface area contributed by atoms with Crippen molar-refractivity contribution in [1.82, 2.24) is 105 Å². The van der Waals surface area contributed by atoms with Gasteiger partial charge in [0.25, 0.3) is 31.1 Å². The molecule has 6 aromatic carbocycles. The van der Waals surface area contributed by atoms with Crippen LogP contribution in [0, 0.1) is 5.41 Å². The number of amides is 5. The summed E-state index contributed by atoms with van der Waals surface area (Å²) >= 11 is 0. The monoisotopic (exact) mass is 2030 g/mol. The van der Waals surface area contributed by atoms with Crippen molar-refractivity contribution in [3.63, 3.8) is 0 Å². The highest BCUT2D eigenvalue weighted by Gasteiger charge is 2.49. The fourth-order valence-corrected chi connectivity index (χ4v) is 20.6. The van der Waals surface area contributed by atoms with Crippen molar-refractivity contribution in [2.45, 2.75) is 99.9 Å². The number of fused-ring (bicyclic) bond motifs is 3. The molecule has 0 aliphatic carbocycles. The van der Waals surface area contributed by atoms with E-state index in [2.05, 4.69) is 129 Å². The van der Waals surface area contributed by atoms with Gasteiger partial charge in [0, 0.05) is 229 Å². The van der Waals surface area contributed by atoms with Crippen LogP contribution in [0.25, 0.3) is 106 Å². The third-order valence-electron chi connectivity index (χ3n) is 29.1. The zero-order chi connectivity index (χ0) is 104. The summed E-state index contributed by atoms with van der Waals surface area (Å²) in [5.74, 6) is 1.66. The molecule has 0 unspecified atom stereocenters. The minimum Gasteiger partial charge on any atom is -0.384 e. The Morgan fingerprint density at radius 1 is 0.409 bits per heavy atom. The first-order chi connectivity index (χ1) is 72.3. The van der Waals surface area contributed by atoms with E-state index in [1.54, 1.807) is 134 Å². The van der Waals surface area contributed by atoms with Crippen LogP contribution in [-0.2, 0) is 55.1 Å². The van der Waals surface area contributed by atoms with Crippen LogP contribution in [0.2, 0.25) is 0 Å². The van der Waals surface area contributed by atoms with E-state index < -0.39 is 41.6 Å². The van der Waals surface area contributed by atoms with Crippen LogP contribution in [0.4, 0.5) is 42.1 Å². The number of carbonyl (C=O) groups is 6. The predicted octanol–water partition coefficient (Wildman–Crippen LogP) is 16.8. The minimum absolute atomic E-state index is 0.00220. The van der Waals surface area contributed by atoms with Gasteiger partial charge < -0.3 is 39.5 Å². The van der Waals surface area contributed by atoms with Gasteiger partial charge in [0.15, 0.2) is 28.7 Å². The Morgan fingerprint density at radius 2 is 0.812 bits per heavy atom. The number of pyridine rings is 3. The number of methoxy groups -OCH3 is 3. The maximum atomic E-state index is 16.1. The molecular weight excluding hydrogens is 1920 g/mol. The van der Waals surface area contributed by atoms with Gasteiger partial charge in [-0.05, 0) is 182 Å². The lowest BCUT2D eigenvalue weighted by Crippen LogP contribution is -2.48. The zero-order valence-electron chi connectivity index (χ0n) is 82.0. The van der Waals surface area contributed by atoms with Crippen molar-refractivity contribution in [2.75, 3.05) is 137 Å². The number of halogens is 7. The molecule has 5 saturated heterocycles. The SMILES string of the molecule is COC[C@@]1(C(=O)Cc2ccc3[nH]nc(-c4ccnc(C(F)F)c4)c3c2)CCN(CC(=O)N2CCC(F)(c3ccc(-c4ncccn4)cc3)CC2)C1.CO[C@@]1(C(=O)Nc2ccc3[nH]nc(-c4ccnc(C(F)F)c4)c3c2)CCN(CC(=O)N2CC=C(c3ccc(-c4ncccn4)cc3)CC2)C1.CO[C@@]1(C(=O)Nc2ccc3[nH]nc(-c4ccnc(C(F)F)c4)c3c2)CCN(CC(=O)N2CCC(c3ccc(-c4ncccn4)cc3)CC2)C1. The van der Waals surface area contributed by atoms with Crippen molar-refractivity contribution in [3.05, 3.63) is 283 Å². The standard InChI is InChI=1S/C38H38F3N7O3.C36H36F2N8O3.C36H34F2N8O3/c1-51-24-37(32(49)20-25-3-8-30-29(19-25)34(46-45-30)27-9-15-42-31(21-27)35(39)40)10-16-47(23-37)22-33(50)48-17-11-38(41,12-18-48)28-6-4-26(5-7-28)36-43-13-2-14-44-36;2*1-49-36(35(48)42-27-7-8-29-28(20-27)32(44-43-29)26-9-15-39-30(19-26)33(37)38)12-18-45(22-36)21-31(47)46-16-10-24(11-17-46)23-3-5-25(6-4-23)34-40-13-2-14-41-34/h2-9,13-15,19,21,35H,10-12,16-18,20,22-24H2,1H3,(H,45,46);2-9,13-15,19-20,24,33H,10-12,16-18,21-22H2,1H3,(H,42,48)(H,43,44);2-10,13-15,19-20,33H,11-12,16-18,21-22H2,1H3,(H,42,48)(H,43,44)/t37-;2*36-/m100/s1. The van der Waals surface area contributed by atoms with Gasteiger partial charge in [0.05, 0.1) is 48.2 Å². The Balaban J connectivity index is 0.000000140. The van der Waals surface area contributed by atoms with E-state index >= 15 is 4.39 Å². The molecule has 6 aliphatic heterocycles. The Bertz CT molecular complexity index is 7350. The van der Waals surface area contributed by atoms with Crippen LogP contribution in [0.1, 0.15) is 116 Å². The smallest absolute Gasteiger partial charge is 0.280 e. The number of likely N-dealkylation sites (tertiary alicyclic amines) is 5. The Labute approximate surface area is 852 Å². The number of nitrogens with zero attached hydrogens (tertiary/aromatic N) is 18. The van der Waals surface area contributed by atoms with Crippen LogP contribution >= 0.6 is 0 Å². The van der Waals surface area contributed by atoms with Crippen molar-refractivity contribution in [2.24, 2.45) is 5.41 Å². The summed E-state index contributed by atoms with van der Waals surface area (Å²) in [5.41, 5.74) is 8.06. The average molecular weight is 2030 g/mol. The summed E-state index contributed by atoms with van der Waals surface area (Å²) in [6.07, 6.45) is 12.6. The maximum Gasteiger partial charge on any atom is 0.280 e. The molecule has 149 heavy (non-hydrogen) atoms. The third kappa shape index (κ3) is 22.9. The number of ketones is 1. The van der Waals surface area contributed by atoms with E-state index in [-0.39, 0.29) is 111 Å². The molecule has 39 heteroatoms. The fourth-order valence-electron chi connectivity index (χ4n) is 20.6. The second-order valence-electron chi connectivity index (χ2n) is 38.2. The molecule has 5 fully saturated rings. The van der Waals surface area contributed by atoms with Crippen LogP contribution in [0.3, 0.4) is 0 Å². The van der Waals surface area contributed by atoms with Gasteiger partial charge in [0.1, 0.15) is 45.6 Å². The van der Waals surface area contributed by atoms with E-state index in [4.69, 9.17) is 14.2 Å². The number of aromatic amines is 3. The molecule has 0 radical (unpaired) electrons. The number of anilines is 2. The highest BCUT2D eigenvalue weighted by atomic mass is 19.3. The van der Waals surface area contributed by atoms with E-state index in [0.29, 0.717) is 192 Å². The van der Waals surface area contributed by atoms with Crippen molar-refractivity contribution in [1.29, 1.82) is 0 Å². The number of carbonyl (C=O) groups excluding carboxylic acids is 6. The molecule has 15 heterocycles. The van der Waals surface area contributed by atoms with Crippen LogP contribution in [0.5, 0.6) is 0 Å². The number of benzene rings is 6. The summed E-state index contributed by atoms with van der Waals surface area (Å²) in [5, 5.41) is 29.7. The number of ether oxygens (including phenoxy) is 3. The van der Waals surface area contributed by atoms with E-state index in [0.717, 1.165) is 47.1 Å². The number of hydrogen-bond acceptors (Lipinski definition) is 24. The topological polar surface area (TPSA) is 376 Å². The largest absolute Gasteiger partial charge is 0.384 e. The second kappa shape index (κ2) is 45.0. The zero-order valence-corrected chi connectivity index (χ0v) is 82.0. The van der Waals surface area contributed by atoms with Gasteiger partial charge in [-0.2, -0.15) is 15.3 Å². The number of aromatic nitrogens is 15. The number of H-pyrrole nitrogens is 3. The van der Waals surface area contributed by atoms with Gasteiger partial charge in [-0.25, -0.2) is 60.6 Å². The van der Waals surface area contributed by atoms with Crippen molar-refractivity contribution < 1.29 is 73.7 Å². The van der Waals surface area contributed by atoms with E-state index in [9.17, 15) is 55.1 Å². The lowest BCUT2D eigenvalue weighted by Gasteiger charge is -2.37. The molecule has 766 valence electrons. The number of rotatable bonds is 29. The molecule has 0 spiro atoms. The quantitative estimate of drug-likeness (QED) is 0.0272. The Morgan fingerprint density at radius 3 is 1.24 bits per heavy atom. The highest BCUT2D eigenvalue weighted by molar-refractivity contribution is 6.04. The Kier molecular flexibility index (Phi) is 30.8. The summed E-state index contributed by atoms with van der Waals surface area (Å²) in [7, 11) is 4.58. The maximum absolute atomic E-state index is 16.1. The van der Waals surface area contributed by atoms with Gasteiger partial charge >= 0.3 is 0 Å². The summed E-state index contributed by atoms with van der Waals surface area (Å²) in [6.45, 7) is 6.38.